The Balaban J connectivity index is 2.04. The fourth-order valence-corrected chi connectivity index (χ4v) is 2.83. The van der Waals surface area contributed by atoms with Gasteiger partial charge in [0.15, 0.2) is 0 Å². The third-order valence-corrected chi connectivity index (χ3v) is 4.97. The van der Waals surface area contributed by atoms with Crippen LogP contribution < -0.4 is 0 Å². The minimum Gasteiger partial charge on any atom is -0.268 e. The van der Waals surface area contributed by atoms with Gasteiger partial charge in [0, 0.05) is 39.4 Å². The van der Waals surface area contributed by atoms with E-state index in [9.17, 15) is 8.42 Å². The van der Waals surface area contributed by atoms with Crippen LogP contribution in [0.25, 0.3) is 0 Å². The van der Waals surface area contributed by atoms with E-state index in [2.05, 4.69) is 5.10 Å². The van der Waals surface area contributed by atoms with Crippen molar-refractivity contribution in [3.8, 4) is 0 Å². The third kappa shape index (κ3) is 3.90. The molecule has 0 atom stereocenters. The standard InChI is InChI=1S/C14H20N4O2S/c1-16(2)21(19,20)17(3)10-14-9-15-18(12-14)11-13-7-5-4-6-8-13/h4-9,12H,10-11H2,1-3H3. The molecular weight excluding hydrogens is 288 g/mol. The minimum absolute atomic E-state index is 0.301. The number of rotatable bonds is 6. The average Bonchev–Trinajstić information content (AvgIpc) is 2.86. The number of aromatic nitrogens is 2. The lowest BCUT2D eigenvalue weighted by Gasteiger charge is -2.20. The van der Waals surface area contributed by atoms with Crippen molar-refractivity contribution in [3.05, 3.63) is 53.9 Å². The van der Waals surface area contributed by atoms with E-state index in [1.165, 1.54) is 22.7 Å². The first-order valence-electron chi connectivity index (χ1n) is 6.58. The van der Waals surface area contributed by atoms with Crippen LogP contribution in [0.4, 0.5) is 0 Å². The van der Waals surface area contributed by atoms with Crippen molar-refractivity contribution < 1.29 is 8.42 Å². The number of hydrogen-bond acceptors (Lipinski definition) is 3. The monoisotopic (exact) mass is 308 g/mol. The molecule has 2 aromatic rings. The van der Waals surface area contributed by atoms with E-state index >= 15 is 0 Å². The summed E-state index contributed by atoms with van der Waals surface area (Å²) in [5.41, 5.74) is 2.01. The second kappa shape index (κ2) is 6.38. The van der Waals surface area contributed by atoms with Gasteiger partial charge in [-0.05, 0) is 5.56 Å². The second-order valence-corrected chi connectivity index (χ2v) is 7.33. The van der Waals surface area contributed by atoms with Gasteiger partial charge < -0.3 is 0 Å². The number of hydrogen-bond donors (Lipinski definition) is 0. The molecule has 2 rings (SSSR count). The van der Waals surface area contributed by atoms with E-state index in [1.807, 2.05) is 36.5 Å². The Morgan fingerprint density at radius 2 is 1.76 bits per heavy atom. The normalized spacial score (nSPS) is 12.2. The van der Waals surface area contributed by atoms with Crippen molar-refractivity contribution in [1.82, 2.24) is 18.4 Å². The molecule has 1 heterocycles. The predicted octanol–water partition coefficient (Wildman–Crippen LogP) is 1.17. The van der Waals surface area contributed by atoms with Crippen molar-refractivity contribution in [2.75, 3.05) is 21.1 Å². The van der Waals surface area contributed by atoms with Crippen LogP contribution >= 0.6 is 0 Å². The zero-order chi connectivity index (χ0) is 15.5. The summed E-state index contributed by atoms with van der Waals surface area (Å²) >= 11 is 0. The van der Waals surface area contributed by atoms with Crippen molar-refractivity contribution in [2.45, 2.75) is 13.1 Å². The topological polar surface area (TPSA) is 58.4 Å². The van der Waals surface area contributed by atoms with Crippen LogP contribution in [0.5, 0.6) is 0 Å². The van der Waals surface area contributed by atoms with Gasteiger partial charge in [0.25, 0.3) is 10.2 Å². The highest BCUT2D eigenvalue weighted by Crippen LogP contribution is 2.09. The lowest BCUT2D eigenvalue weighted by atomic mass is 10.2. The van der Waals surface area contributed by atoms with Crippen LogP contribution in [-0.4, -0.2) is 48.0 Å². The highest BCUT2D eigenvalue weighted by molar-refractivity contribution is 7.86. The highest BCUT2D eigenvalue weighted by atomic mass is 32.2. The van der Waals surface area contributed by atoms with Crippen LogP contribution in [0, 0.1) is 0 Å². The van der Waals surface area contributed by atoms with Crippen LogP contribution in [-0.2, 0) is 23.3 Å². The van der Waals surface area contributed by atoms with E-state index in [0.717, 1.165) is 11.1 Å². The molecule has 0 spiro atoms. The van der Waals surface area contributed by atoms with Gasteiger partial charge >= 0.3 is 0 Å². The molecule has 0 unspecified atom stereocenters. The molecule has 21 heavy (non-hydrogen) atoms. The minimum atomic E-state index is -3.40. The van der Waals surface area contributed by atoms with Gasteiger partial charge in [0.1, 0.15) is 0 Å². The van der Waals surface area contributed by atoms with Crippen LogP contribution in [0.2, 0.25) is 0 Å². The molecule has 0 fully saturated rings. The Morgan fingerprint density at radius 1 is 1.10 bits per heavy atom. The zero-order valence-electron chi connectivity index (χ0n) is 12.5. The Hall–Kier alpha value is -1.70. The summed E-state index contributed by atoms with van der Waals surface area (Å²) in [6.07, 6.45) is 3.57. The smallest absolute Gasteiger partial charge is 0.268 e. The van der Waals surface area contributed by atoms with Crippen molar-refractivity contribution in [1.29, 1.82) is 0 Å². The van der Waals surface area contributed by atoms with Crippen LogP contribution in [0.3, 0.4) is 0 Å². The largest absolute Gasteiger partial charge is 0.281 e. The first-order chi connectivity index (χ1) is 9.89. The Bertz CT molecular complexity index is 680. The number of nitrogens with zero attached hydrogens (tertiary/aromatic N) is 4. The molecule has 0 N–H and O–H groups in total. The lowest BCUT2D eigenvalue weighted by Crippen LogP contribution is -2.36. The number of benzene rings is 1. The molecule has 0 aliphatic heterocycles. The molecule has 0 radical (unpaired) electrons. The molecular formula is C14H20N4O2S. The maximum atomic E-state index is 12.0. The SMILES string of the molecule is CN(C)S(=O)(=O)N(C)Cc1cnn(Cc2ccccc2)c1. The van der Waals surface area contributed by atoms with E-state index in [-0.39, 0.29) is 0 Å². The van der Waals surface area contributed by atoms with Crippen molar-refractivity contribution in [2.24, 2.45) is 0 Å². The molecule has 0 aliphatic carbocycles. The summed E-state index contributed by atoms with van der Waals surface area (Å²) < 4.78 is 28.2. The van der Waals surface area contributed by atoms with E-state index in [1.54, 1.807) is 17.9 Å². The van der Waals surface area contributed by atoms with Crippen LogP contribution in [0.15, 0.2) is 42.7 Å². The molecule has 6 nitrogen and oxygen atoms in total. The van der Waals surface area contributed by atoms with Crippen molar-refractivity contribution >= 4 is 10.2 Å². The molecule has 0 bridgehead atoms. The summed E-state index contributed by atoms with van der Waals surface area (Å²) in [5, 5.41) is 4.27. The molecule has 7 heteroatoms. The quantitative estimate of drug-likeness (QED) is 0.805. The lowest BCUT2D eigenvalue weighted by molar-refractivity contribution is 0.414. The van der Waals surface area contributed by atoms with Gasteiger partial charge in [0.05, 0.1) is 12.7 Å². The fourth-order valence-electron chi connectivity index (χ4n) is 1.96. The van der Waals surface area contributed by atoms with Gasteiger partial charge in [-0.25, -0.2) is 0 Å². The summed E-state index contributed by atoms with van der Waals surface area (Å²) in [6, 6.07) is 10.0. The van der Waals surface area contributed by atoms with Crippen molar-refractivity contribution in [3.63, 3.8) is 0 Å². The maximum absolute atomic E-state index is 12.0. The second-order valence-electron chi connectivity index (χ2n) is 5.08. The van der Waals surface area contributed by atoms with Gasteiger partial charge in [-0.1, -0.05) is 30.3 Å². The Kier molecular flexibility index (Phi) is 4.76. The van der Waals surface area contributed by atoms with Gasteiger partial charge in [-0.3, -0.25) is 4.68 Å². The molecule has 1 aromatic heterocycles. The predicted molar refractivity (Wildman–Crippen MR) is 81.8 cm³/mol. The summed E-state index contributed by atoms with van der Waals surface area (Å²) in [7, 11) is 1.20. The molecule has 0 aliphatic rings. The Morgan fingerprint density at radius 3 is 2.38 bits per heavy atom. The summed E-state index contributed by atoms with van der Waals surface area (Å²) in [4.78, 5) is 0. The van der Waals surface area contributed by atoms with E-state index < -0.39 is 10.2 Å². The zero-order valence-corrected chi connectivity index (χ0v) is 13.3. The third-order valence-electron chi connectivity index (χ3n) is 3.13. The highest BCUT2D eigenvalue weighted by Gasteiger charge is 2.20. The molecule has 0 amide bonds. The van der Waals surface area contributed by atoms with E-state index in [4.69, 9.17) is 0 Å². The van der Waals surface area contributed by atoms with Gasteiger partial charge in [0.2, 0.25) is 0 Å². The van der Waals surface area contributed by atoms with Gasteiger partial charge in [-0.2, -0.15) is 22.1 Å². The molecule has 114 valence electrons. The average molecular weight is 308 g/mol. The fraction of sp³-hybridized carbons (Fsp3) is 0.357. The summed E-state index contributed by atoms with van der Waals surface area (Å²) in [6.45, 7) is 0.973. The van der Waals surface area contributed by atoms with E-state index in [0.29, 0.717) is 13.1 Å². The van der Waals surface area contributed by atoms with Crippen LogP contribution in [0.1, 0.15) is 11.1 Å². The Labute approximate surface area is 125 Å². The first-order valence-corrected chi connectivity index (χ1v) is 7.98. The van der Waals surface area contributed by atoms with Gasteiger partial charge in [-0.15, -0.1) is 0 Å². The maximum Gasteiger partial charge on any atom is 0.281 e. The molecule has 0 saturated carbocycles. The summed E-state index contributed by atoms with van der Waals surface area (Å²) in [5.74, 6) is 0. The molecule has 0 saturated heterocycles. The first kappa shape index (κ1) is 15.7. The molecule has 1 aromatic carbocycles.